The molecule has 0 saturated carbocycles. The number of halogens is 1. The number of carbonyl (C=O) groups is 2. The number of hydrogen-bond acceptors (Lipinski definition) is 3. The lowest BCUT2D eigenvalue weighted by Crippen LogP contribution is -2.38. The van der Waals surface area contributed by atoms with Crippen LogP contribution in [0.2, 0.25) is 0 Å². The summed E-state index contributed by atoms with van der Waals surface area (Å²) in [6.07, 6.45) is 1.79. The number of nitrogens with zero attached hydrogens (tertiary/aromatic N) is 3. The Morgan fingerprint density at radius 1 is 0.846 bits per heavy atom. The molecule has 1 N–H and O–H groups in total. The van der Waals surface area contributed by atoms with Gasteiger partial charge in [-0.3, -0.25) is 19.5 Å². The number of amides is 2. The van der Waals surface area contributed by atoms with Crippen molar-refractivity contribution in [3.8, 4) is 16.9 Å². The molecule has 0 saturated heterocycles. The zero-order valence-electron chi connectivity index (χ0n) is 21.4. The van der Waals surface area contributed by atoms with E-state index in [2.05, 4.69) is 10.3 Å². The van der Waals surface area contributed by atoms with E-state index in [1.165, 1.54) is 17.0 Å². The number of aromatic nitrogens is 2. The first kappa shape index (κ1) is 25.6. The third-order valence-electron chi connectivity index (χ3n) is 6.27. The summed E-state index contributed by atoms with van der Waals surface area (Å²) in [5.74, 6) is -0.743. The van der Waals surface area contributed by atoms with Gasteiger partial charge in [-0.15, -0.1) is 0 Å². The van der Waals surface area contributed by atoms with Gasteiger partial charge in [-0.05, 0) is 48.9 Å². The Morgan fingerprint density at radius 3 is 2.15 bits per heavy atom. The molecule has 0 fully saturated rings. The Kier molecular flexibility index (Phi) is 7.59. The van der Waals surface area contributed by atoms with E-state index in [0.717, 1.165) is 16.7 Å². The van der Waals surface area contributed by atoms with Crippen molar-refractivity contribution in [2.45, 2.75) is 13.5 Å². The van der Waals surface area contributed by atoms with E-state index in [0.29, 0.717) is 16.9 Å². The third kappa shape index (κ3) is 6.27. The van der Waals surface area contributed by atoms with E-state index in [9.17, 15) is 14.0 Å². The number of hydrogen-bond donors (Lipinski definition) is 1. The molecule has 0 radical (unpaired) electrons. The fourth-order valence-corrected chi connectivity index (χ4v) is 4.23. The van der Waals surface area contributed by atoms with Crippen LogP contribution in [0, 0.1) is 12.7 Å². The Morgan fingerprint density at radius 2 is 1.49 bits per heavy atom. The number of anilines is 1. The molecule has 0 aliphatic carbocycles. The second-order valence-corrected chi connectivity index (χ2v) is 9.22. The molecule has 2 amide bonds. The van der Waals surface area contributed by atoms with Crippen LogP contribution < -0.4 is 5.32 Å². The summed E-state index contributed by atoms with van der Waals surface area (Å²) in [5, 5.41) is 2.87. The zero-order chi connectivity index (χ0) is 27.2. The number of imidazole rings is 1. The van der Waals surface area contributed by atoms with E-state index >= 15 is 0 Å². The molecule has 1 heterocycles. The third-order valence-corrected chi connectivity index (χ3v) is 6.27. The van der Waals surface area contributed by atoms with Gasteiger partial charge < -0.3 is 4.90 Å². The van der Waals surface area contributed by atoms with E-state index in [4.69, 9.17) is 0 Å². The van der Waals surface area contributed by atoms with Gasteiger partial charge in [0.2, 0.25) is 11.9 Å². The van der Waals surface area contributed by atoms with Crippen LogP contribution in [0.4, 0.5) is 10.3 Å². The molecule has 194 valence electrons. The molecule has 0 unspecified atom stereocenters. The molecule has 0 aliphatic heterocycles. The summed E-state index contributed by atoms with van der Waals surface area (Å²) < 4.78 is 15.3. The fraction of sp³-hybridized carbons (Fsp3) is 0.0938. The maximum absolute atomic E-state index is 13.6. The molecule has 0 atom stereocenters. The topological polar surface area (TPSA) is 67.2 Å². The molecule has 39 heavy (non-hydrogen) atoms. The maximum Gasteiger partial charge on any atom is 0.254 e. The molecule has 0 spiro atoms. The van der Waals surface area contributed by atoms with Crippen molar-refractivity contribution >= 4 is 17.8 Å². The van der Waals surface area contributed by atoms with Crippen molar-refractivity contribution in [2.75, 3.05) is 11.9 Å². The van der Waals surface area contributed by atoms with Crippen LogP contribution in [-0.2, 0) is 11.3 Å². The predicted molar refractivity (Wildman–Crippen MR) is 150 cm³/mol. The molecule has 5 rings (SSSR count). The molecular formula is C32H27FN4O2. The van der Waals surface area contributed by atoms with Gasteiger partial charge in [0.1, 0.15) is 12.4 Å². The number of aryl methyl sites for hydroxylation is 1. The standard InChI is InChI=1S/C32H27FN4O2/c1-23-12-14-26(15-13-23)31(39)36(20-24-8-4-2-5-9-24)22-30(38)35-32-34-29(25-10-6-3-7-11-25)21-37(32)28-18-16-27(33)17-19-28/h2-19,21H,20,22H2,1H3,(H,34,35,38). The quantitative estimate of drug-likeness (QED) is 0.263. The molecule has 0 bridgehead atoms. The SMILES string of the molecule is Cc1ccc(C(=O)N(CC(=O)Nc2nc(-c3ccccc3)cn2-c2ccc(F)cc2)Cc2ccccc2)cc1. The normalized spacial score (nSPS) is 10.7. The van der Waals surface area contributed by atoms with Crippen LogP contribution in [0.15, 0.2) is 115 Å². The van der Waals surface area contributed by atoms with Crippen LogP contribution in [0.5, 0.6) is 0 Å². The maximum atomic E-state index is 13.6. The van der Waals surface area contributed by atoms with Crippen LogP contribution >= 0.6 is 0 Å². The lowest BCUT2D eigenvalue weighted by atomic mass is 10.1. The van der Waals surface area contributed by atoms with Gasteiger partial charge in [-0.1, -0.05) is 78.4 Å². The van der Waals surface area contributed by atoms with Crippen LogP contribution in [0.3, 0.4) is 0 Å². The monoisotopic (exact) mass is 518 g/mol. The lowest BCUT2D eigenvalue weighted by molar-refractivity contribution is -0.117. The predicted octanol–water partition coefficient (Wildman–Crippen LogP) is 6.27. The molecular weight excluding hydrogens is 491 g/mol. The second-order valence-electron chi connectivity index (χ2n) is 9.22. The average molecular weight is 519 g/mol. The first-order valence-electron chi connectivity index (χ1n) is 12.6. The van der Waals surface area contributed by atoms with E-state index < -0.39 is 5.91 Å². The minimum absolute atomic E-state index is 0.182. The van der Waals surface area contributed by atoms with Crippen LogP contribution in [-0.4, -0.2) is 32.8 Å². The molecule has 6 nitrogen and oxygen atoms in total. The first-order chi connectivity index (χ1) is 19.0. The minimum atomic E-state index is -0.403. The Labute approximate surface area is 226 Å². The van der Waals surface area contributed by atoms with Gasteiger partial charge in [-0.2, -0.15) is 0 Å². The minimum Gasteiger partial charge on any atom is -0.325 e. The number of benzene rings is 4. The molecule has 4 aromatic carbocycles. The zero-order valence-corrected chi connectivity index (χ0v) is 21.4. The largest absolute Gasteiger partial charge is 0.325 e. The van der Waals surface area contributed by atoms with Gasteiger partial charge in [0.05, 0.1) is 5.69 Å². The molecule has 1 aromatic heterocycles. The van der Waals surface area contributed by atoms with Crippen molar-refractivity contribution in [3.05, 3.63) is 138 Å². The van der Waals surface area contributed by atoms with Crippen molar-refractivity contribution in [1.29, 1.82) is 0 Å². The van der Waals surface area contributed by atoms with Gasteiger partial charge in [0.15, 0.2) is 0 Å². The van der Waals surface area contributed by atoms with Gasteiger partial charge in [-0.25, -0.2) is 9.37 Å². The molecule has 0 aliphatic rings. The highest BCUT2D eigenvalue weighted by atomic mass is 19.1. The summed E-state index contributed by atoms with van der Waals surface area (Å²) in [7, 11) is 0. The van der Waals surface area contributed by atoms with E-state index in [1.54, 1.807) is 35.0 Å². The van der Waals surface area contributed by atoms with Gasteiger partial charge >= 0.3 is 0 Å². The highest BCUT2D eigenvalue weighted by Gasteiger charge is 2.21. The molecule has 5 aromatic rings. The number of carbonyl (C=O) groups excluding carboxylic acids is 2. The molecule has 7 heteroatoms. The summed E-state index contributed by atoms with van der Waals surface area (Å²) in [4.78, 5) is 33.0. The van der Waals surface area contributed by atoms with Gasteiger partial charge in [0.25, 0.3) is 5.91 Å². The first-order valence-corrected chi connectivity index (χ1v) is 12.6. The second kappa shape index (κ2) is 11.6. The number of rotatable bonds is 8. The summed E-state index contributed by atoms with van der Waals surface area (Å²) in [6.45, 7) is 2.04. The smallest absolute Gasteiger partial charge is 0.254 e. The summed E-state index contributed by atoms with van der Waals surface area (Å²) in [6, 6.07) is 32.3. The van der Waals surface area contributed by atoms with E-state index in [-0.39, 0.29) is 30.8 Å². The lowest BCUT2D eigenvalue weighted by Gasteiger charge is -2.22. The van der Waals surface area contributed by atoms with E-state index in [1.807, 2.05) is 79.7 Å². The summed E-state index contributed by atoms with van der Waals surface area (Å²) in [5.41, 5.74) is 4.61. The van der Waals surface area contributed by atoms with Crippen LogP contribution in [0.25, 0.3) is 16.9 Å². The number of nitrogens with one attached hydrogen (secondary N) is 1. The average Bonchev–Trinajstić information content (AvgIpc) is 3.37. The Balaban J connectivity index is 1.43. The van der Waals surface area contributed by atoms with Crippen molar-refractivity contribution in [3.63, 3.8) is 0 Å². The highest BCUT2D eigenvalue weighted by molar-refractivity contribution is 5.99. The Hall–Kier alpha value is -5.04. The highest BCUT2D eigenvalue weighted by Crippen LogP contribution is 2.24. The van der Waals surface area contributed by atoms with Crippen molar-refractivity contribution in [1.82, 2.24) is 14.5 Å². The Bertz CT molecular complexity index is 1560. The van der Waals surface area contributed by atoms with Gasteiger partial charge in [0, 0.05) is 29.6 Å². The van der Waals surface area contributed by atoms with Crippen LogP contribution in [0.1, 0.15) is 21.5 Å². The van der Waals surface area contributed by atoms with Crippen molar-refractivity contribution in [2.24, 2.45) is 0 Å². The fourth-order valence-electron chi connectivity index (χ4n) is 4.23. The summed E-state index contributed by atoms with van der Waals surface area (Å²) >= 11 is 0. The van der Waals surface area contributed by atoms with Crippen molar-refractivity contribution < 1.29 is 14.0 Å².